The molecule has 3 N–H and O–H groups in total. The minimum atomic E-state index is 0.253. The summed E-state index contributed by atoms with van der Waals surface area (Å²) in [4.78, 5) is 0. The van der Waals surface area contributed by atoms with Crippen LogP contribution in [0.5, 0.6) is 0 Å². The van der Waals surface area contributed by atoms with Gasteiger partial charge in [-0.2, -0.15) is 23.5 Å². The number of nitrogens with two attached hydrogens (primary N) is 1. The molecule has 0 saturated carbocycles. The fourth-order valence-corrected chi connectivity index (χ4v) is 6.01. The van der Waals surface area contributed by atoms with Crippen LogP contribution in [0.25, 0.3) is 0 Å². The van der Waals surface area contributed by atoms with E-state index in [0.29, 0.717) is 10.5 Å². The van der Waals surface area contributed by atoms with Crippen LogP contribution in [-0.2, 0) is 0 Å². The predicted octanol–water partition coefficient (Wildman–Crippen LogP) is 3.44. The fourth-order valence-electron chi connectivity index (χ4n) is 2.78. The van der Waals surface area contributed by atoms with Crippen molar-refractivity contribution in [3.8, 4) is 0 Å². The average Bonchev–Trinajstić information content (AvgIpc) is 2.42. The molecule has 0 amide bonds. The molecule has 0 aromatic heterocycles. The minimum Gasteiger partial charge on any atom is -0.271 e. The van der Waals surface area contributed by atoms with Gasteiger partial charge in [-0.3, -0.25) is 11.3 Å². The topological polar surface area (TPSA) is 38.0 Å². The Morgan fingerprint density at radius 1 is 1.32 bits per heavy atom. The number of aryl methyl sites for hydroxylation is 2. The molecule has 3 atom stereocenters. The highest BCUT2D eigenvalue weighted by atomic mass is 32.2. The van der Waals surface area contributed by atoms with E-state index < -0.39 is 0 Å². The zero-order chi connectivity index (χ0) is 13.8. The number of benzene rings is 1. The summed E-state index contributed by atoms with van der Waals surface area (Å²) in [5.41, 5.74) is 7.09. The molecule has 0 radical (unpaired) electrons. The first-order valence-electron chi connectivity index (χ1n) is 6.93. The molecule has 1 heterocycles. The van der Waals surface area contributed by atoms with E-state index in [1.807, 2.05) is 0 Å². The summed E-state index contributed by atoms with van der Waals surface area (Å²) in [6, 6.07) is 6.93. The van der Waals surface area contributed by atoms with Gasteiger partial charge in [0.1, 0.15) is 0 Å². The molecular formula is C15H24N2S2. The standard InChI is InChI=1S/C15H24N2S2/c1-4-13-15(19-8-7-18-13)14(17-16)12-6-5-10(2)9-11(12)3/h5-6,9,13-15,17H,4,7-8,16H2,1-3H3. The molecule has 2 rings (SSSR count). The van der Waals surface area contributed by atoms with Crippen LogP contribution in [-0.4, -0.2) is 22.0 Å². The van der Waals surface area contributed by atoms with Gasteiger partial charge in [0.15, 0.2) is 0 Å². The Balaban J connectivity index is 2.27. The highest BCUT2D eigenvalue weighted by molar-refractivity contribution is 8.07. The van der Waals surface area contributed by atoms with Crippen molar-refractivity contribution in [3.05, 3.63) is 34.9 Å². The summed E-state index contributed by atoms with van der Waals surface area (Å²) in [5.74, 6) is 8.39. The van der Waals surface area contributed by atoms with Crippen molar-refractivity contribution in [1.29, 1.82) is 0 Å². The van der Waals surface area contributed by atoms with Gasteiger partial charge in [-0.25, -0.2) is 0 Å². The number of rotatable bonds is 4. The van der Waals surface area contributed by atoms with Gasteiger partial charge in [0.25, 0.3) is 0 Å². The molecular weight excluding hydrogens is 272 g/mol. The first-order valence-corrected chi connectivity index (χ1v) is 9.03. The molecule has 0 bridgehead atoms. The van der Waals surface area contributed by atoms with Crippen molar-refractivity contribution in [2.75, 3.05) is 11.5 Å². The van der Waals surface area contributed by atoms with Crippen LogP contribution in [0.3, 0.4) is 0 Å². The molecule has 0 spiro atoms. The zero-order valence-electron chi connectivity index (χ0n) is 12.0. The summed E-state index contributed by atoms with van der Waals surface area (Å²) >= 11 is 4.18. The maximum atomic E-state index is 5.89. The van der Waals surface area contributed by atoms with Crippen LogP contribution in [0.4, 0.5) is 0 Å². The Labute approximate surface area is 125 Å². The third-order valence-corrected chi connectivity index (χ3v) is 7.11. The molecule has 1 aromatic carbocycles. The van der Waals surface area contributed by atoms with Crippen LogP contribution >= 0.6 is 23.5 Å². The third kappa shape index (κ3) is 3.48. The first-order chi connectivity index (χ1) is 9.17. The van der Waals surface area contributed by atoms with Crippen molar-refractivity contribution in [2.24, 2.45) is 5.84 Å². The van der Waals surface area contributed by atoms with E-state index in [4.69, 9.17) is 5.84 Å². The number of hydrazine groups is 1. The molecule has 1 aliphatic rings. The Morgan fingerprint density at radius 2 is 2.05 bits per heavy atom. The molecule has 1 aromatic rings. The van der Waals surface area contributed by atoms with Gasteiger partial charge in [0.2, 0.25) is 0 Å². The van der Waals surface area contributed by atoms with Crippen LogP contribution in [0.2, 0.25) is 0 Å². The summed E-state index contributed by atoms with van der Waals surface area (Å²) < 4.78 is 0. The van der Waals surface area contributed by atoms with Crippen molar-refractivity contribution >= 4 is 23.5 Å². The van der Waals surface area contributed by atoms with E-state index in [1.54, 1.807) is 0 Å². The van der Waals surface area contributed by atoms with Gasteiger partial charge in [0, 0.05) is 22.0 Å². The summed E-state index contributed by atoms with van der Waals surface area (Å²) in [7, 11) is 0. The van der Waals surface area contributed by atoms with Crippen molar-refractivity contribution in [3.63, 3.8) is 0 Å². The normalized spacial score (nSPS) is 25.3. The van der Waals surface area contributed by atoms with Crippen LogP contribution in [0, 0.1) is 13.8 Å². The summed E-state index contributed by atoms with van der Waals surface area (Å²) in [5, 5.41) is 1.26. The van der Waals surface area contributed by atoms with Crippen LogP contribution in [0.15, 0.2) is 18.2 Å². The second-order valence-corrected chi connectivity index (χ2v) is 7.79. The molecule has 106 valence electrons. The lowest BCUT2D eigenvalue weighted by Gasteiger charge is -2.36. The number of hydrogen-bond acceptors (Lipinski definition) is 4. The van der Waals surface area contributed by atoms with Crippen molar-refractivity contribution < 1.29 is 0 Å². The molecule has 4 heteroatoms. The Bertz CT molecular complexity index is 423. The predicted molar refractivity (Wildman–Crippen MR) is 88.8 cm³/mol. The fraction of sp³-hybridized carbons (Fsp3) is 0.600. The van der Waals surface area contributed by atoms with E-state index >= 15 is 0 Å². The van der Waals surface area contributed by atoms with E-state index in [2.05, 4.69) is 67.9 Å². The first kappa shape index (κ1) is 15.2. The van der Waals surface area contributed by atoms with E-state index in [9.17, 15) is 0 Å². The average molecular weight is 297 g/mol. The van der Waals surface area contributed by atoms with Gasteiger partial charge in [-0.1, -0.05) is 30.7 Å². The smallest absolute Gasteiger partial charge is 0.0591 e. The number of hydrogen-bond donors (Lipinski definition) is 2. The van der Waals surface area contributed by atoms with Gasteiger partial charge < -0.3 is 0 Å². The Hall–Kier alpha value is -0.160. The second-order valence-electron chi connectivity index (χ2n) is 5.16. The van der Waals surface area contributed by atoms with E-state index in [-0.39, 0.29) is 6.04 Å². The monoisotopic (exact) mass is 296 g/mol. The Morgan fingerprint density at radius 3 is 2.68 bits per heavy atom. The molecule has 1 fully saturated rings. The molecule has 1 saturated heterocycles. The Kier molecular flexibility index (Phi) is 5.63. The summed E-state index contributed by atoms with van der Waals surface area (Å²) in [6.07, 6.45) is 1.21. The van der Waals surface area contributed by atoms with Gasteiger partial charge >= 0.3 is 0 Å². The number of nitrogens with one attached hydrogen (secondary N) is 1. The molecule has 19 heavy (non-hydrogen) atoms. The molecule has 3 unspecified atom stereocenters. The lowest BCUT2D eigenvalue weighted by Crippen LogP contribution is -2.42. The van der Waals surface area contributed by atoms with Crippen LogP contribution in [0.1, 0.15) is 36.1 Å². The second kappa shape index (κ2) is 7.02. The summed E-state index contributed by atoms with van der Waals surface area (Å²) in [6.45, 7) is 6.61. The van der Waals surface area contributed by atoms with E-state index in [0.717, 1.165) is 0 Å². The van der Waals surface area contributed by atoms with Gasteiger partial charge in [-0.05, 0) is 31.4 Å². The highest BCUT2D eigenvalue weighted by Crippen LogP contribution is 2.40. The van der Waals surface area contributed by atoms with Crippen molar-refractivity contribution in [1.82, 2.24) is 5.43 Å². The maximum absolute atomic E-state index is 5.89. The van der Waals surface area contributed by atoms with Crippen molar-refractivity contribution in [2.45, 2.75) is 43.7 Å². The quantitative estimate of drug-likeness (QED) is 0.659. The lowest BCUT2D eigenvalue weighted by atomic mass is 9.95. The van der Waals surface area contributed by atoms with E-state index in [1.165, 1.54) is 34.6 Å². The van der Waals surface area contributed by atoms with Gasteiger partial charge in [0.05, 0.1) is 6.04 Å². The molecule has 0 aliphatic carbocycles. The highest BCUT2D eigenvalue weighted by Gasteiger charge is 2.33. The lowest BCUT2D eigenvalue weighted by molar-refractivity contribution is 0.511. The SMILES string of the molecule is CCC1SCCSC1C(NN)c1ccc(C)cc1C. The van der Waals surface area contributed by atoms with Gasteiger partial charge in [-0.15, -0.1) is 0 Å². The maximum Gasteiger partial charge on any atom is 0.0591 e. The third-order valence-electron chi connectivity index (χ3n) is 3.76. The minimum absolute atomic E-state index is 0.253. The molecule has 2 nitrogen and oxygen atoms in total. The largest absolute Gasteiger partial charge is 0.271 e. The van der Waals surface area contributed by atoms with Crippen LogP contribution < -0.4 is 11.3 Å². The zero-order valence-corrected chi connectivity index (χ0v) is 13.6. The number of thioether (sulfide) groups is 2. The molecule has 1 aliphatic heterocycles.